The summed E-state index contributed by atoms with van der Waals surface area (Å²) in [6, 6.07) is 17.6. The van der Waals surface area contributed by atoms with E-state index in [9.17, 15) is 10.1 Å². The summed E-state index contributed by atoms with van der Waals surface area (Å²) in [5.74, 6) is 0.677. The van der Waals surface area contributed by atoms with Crippen LogP contribution in [0.5, 0.6) is 5.75 Å². The molecule has 2 aliphatic rings. The monoisotopic (exact) mass is 474 g/mol. The average molecular weight is 475 g/mol. The molecule has 8 nitrogen and oxygen atoms in total. The maximum absolute atomic E-state index is 13.0. The lowest BCUT2D eigenvalue weighted by molar-refractivity contribution is 0.0929. The van der Waals surface area contributed by atoms with Crippen LogP contribution in [0.25, 0.3) is 0 Å². The standard InChI is InChI=1S/C27H34N6O2/c1-35-24-12-6-5-11-23(24)25(34)30-19-27(21-9-3-2-4-10-21)15-13-22(14-16-27)33(20-28)26(29)31-32-17-7-8-18-32/h2-6,9-12,22H,7-8,13-19H2,1H3,(H2,29,31)(H,30,34). The topological polar surface area (TPSA) is 107 Å². The molecule has 0 aromatic heterocycles. The molecule has 1 saturated carbocycles. The zero-order valence-corrected chi connectivity index (χ0v) is 20.3. The van der Waals surface area contributed by atoms with Gasteiger partial charge in [-0.05, 0) is 56.2 Å². The van der Waals surface area contributed by atoms with Crippen molar-refractivity contribution < 1.29 is 9.53 Å². The summed E-state index contributed by atoms with van der Waals surface area (Å²) in [6.45, 7) is 2.27. The predicted molar refractivity (Wildman–Crippen MR) is 136 cm³/mol. The number of nitrogens with zero attached hydrogens (tertiary/aromatic N) is 4. The number of nitrogens with two attached hydrogens (primary N) is 1. The first-order valence-corrected chi connectivity index (χ1v) is 12.3. The van der Waals surface area contributed by atoms with Gasteiger partial charge in [0.1, 0.15) is 5.75 Å². The van der Waals surface area contributed by atoms with Crippen molar-refractivity contribution in [2.45, 2.75) is 50.0 Å². The number of hydrogen-bond acceptors (Lipinski definition) is 5. The number of hydrogen-bond donors (Lipinski definition) is 2. The first-order valence-electron chi connectivity index (χ1n) is 12.3. The van der Waals surface area contributed by atoms with Crippen molar-refractivity contribution in [1.82, 2.24) is 15.2 Å². The second kappa shape index (κ2) is 11.1. The molecule has 8 heteroatoms. The second-order valence-corrected chi connectivity index (χ2v) is 9.35. The Bertz CT molecular complexity index is 1070. The number of guanidine groups is 1. The minimum atomic E-state index is -0.225. The Morgan fingerprint density at radius 1 is 1.17 bits per heavy atom. The van der Waals surface area contributed by atoms with Gasteiger partial charge in [-0.1, -0.05) is 42.5 Å². The van der Waals surface area contributed by atoms with Crippen LogP contribution in [0, 0.1) is 11.5 Å². The third-order valence-corrected chi connectivity index (χ3v) is 7.28. The number of benzene rings is 2. The highest BCUT2D eigenvalue weighted by Gasteiger charge is 2.39. The number of amides is 1. The summed E-state index contributed by atoms with van der Waals surface area (Å²) in [7, 11) is 1.57. The van der Waals surface area contributed by atoms with Gasteiger partial charge in [-0.3, -0.25) is 9.80 Å². The van der Waals surface area contributed by atoms with Gasteiger partial charge in [0.15, 0.2) is 6.19 Å². The molecule has 2 aromatic carbocycles. The van der Waals surface area contributed by atoms with Crippen molar-refractivity contribution in [3.8, 4) is 11.9 Å². The Morgan fingerprint density at radius 3 is 2.49 bits per heavy atom. The van der Waals surface area contributed by atoms with E-state index in [0.29, 0.717) is 17.9 Å². The van der Waals surface area contributed by atoms with E-state index < -0.39 is 0 Å². The number of rotatable bonds is 7. The van der Waals surface area contributed by atoms with Crippen molar-refractivity contribution in [2.75, 3.05) is 26.7 Å². The maximum atomic E-state index is 13.0. The summed E-state index contributed by atoms with van der Waals surface area (Å²) in [6.07, 6.45) is 7.68. The van der Waals surface area contributed by atoms with Gasteiger partial charge in [0.25, 0.3) is 5.91 Å². The summed E-state index contributed by atoms with van der Waals surface area (Å²) in [5, 5.41) is 19.4. The minimum absolute atomic E-state index is 0.00638. The van der Waals surface area contributed by atoms with Crippen molar-refractivity contribution in [1.29, 1.82) is 5.26 Å². The molecule has 0 radical (unpaired) electrons. The largest absolute Gasteiger partial charge is 0.496 e. The maximum Gasteiger partial charge on any atom is 0.255 e. The van der Waals surface area contributed by atoms with Crippen LogP contribution >= 0.6 is 0 Å². The first-order chi connectivity index (χ1) is 17.1. The molecule has 0 unspecified atom stereocenters. The first kappa shape index (κ1) is 24.4. The van der Waals surface area contributed by atoms with Gasteiger partial charge in [-0.15, -0.1) is 5.10 Å². The van der Waals surface area contributed by atoms with Gasteiger partial charge < -0.3 is 15.8 Å². The fourth-order valence-electron chi connectivity index (χ4n) is 5.26. The van der Waals surface area contributed by atoms with Crippen LogP contribution in [0.15, 0.2) is 59.7 Å². The lowest BCUT2D eigenvalue weighted by Gasteiger charge is -2.42. The Morgan fingerprint density at radius 2 is 1.83 bits per heavy atom. The van der Waals surface area contributed by atoms with E-state index in [1.54, 1.807) is 24.1 Å². The molecular weight excluding hydrogens is 440 g/mol. The van der Waals surface area contributed by atoms with Crippen LogP contribution in [-0.2, 0) is 5.41 Å². The fourth-order valence-corrected chi connectivity index (χ4v) is 5.26. The smallest absolute Gasteiger partial charge is 0.255 e. The van der Waals surface area contributed by atoms with Crippen molar-refractivity contribution >= 4 is 11.9 Å². The van der Waals surface area contributed by atoms with Gasteiger partial charge in [0.2, 0.25) is 5.96 Å². The van der Waals surface area contributed by atoms with Crippen LogP contribution in [0.1, 0.15) is 54.4 Å². The summed E-state index contributed by atoms with van der Waals surface area (Å²) >= 11 is 0. The summed E-state index contributed by atoms with van der Waals surface area (Å²) in [4.78, 5) is 14.6. The molecule has 2 aromatic rings. The van der Waals surface area contributed by atoms with Gasteiger partial charge in [-0.2, -0.15) is 5.26 Å². The van der Waals surface area contributed by atoms with E-state index >= 15 is 0 Å². The van der Waals surface area contributed by atoms with E-state index in [1.807, 2.05) is 35.3 Å². The molecule has 1 aliphatic carbocycles. The highest BCUT2D eigenvalue weighted by molar-refractivity contribution is 5.97. The van der Waals surface area contributed by atoms with E-state index in [-0.39, 0.29) is 23.3 Å². The number of carbonyl (C=O) groups is 1. The van der Waals surface area contributed by atoms with Crippen LogP contribution in [0.3, 0.4) is 0 Å². The van der Waals surface area contributed by atoms with E-state index in [4.69, 9.17) is 10.5 Å². The van der Waals surface area contributed by atoms with Gasteiger partial charge in [-0.25, -0.2) is 4.90 Å². The normalized spacial score (nSPS) is 22.3. The quantitative estimate of drug-likeness (QED) is 0.276. The molecule has 1 heterocycles. The molecule has 1 amide bonds. The van der Waals surface area contributed by atoms with Crippen molar-refractivity contribution in [3.05, 3.63) is 65.7 Å². The molecular formula is C27H34N6O2. The van der Waals surface area contributed by atoms with Gasteiger partial charge >= 0.3 is 0 Å². The van der Waals surface area contributed by atoms with Crippen molar-refractivity contribution in [3.63, 3.8) is 0 Å². The zero-order valence-electron chi connectivity index (χ0n) is 20.3. The highest BCUT2D eigenvalue weighted by atomic mass is 16.5. The van der Waals surface area contributed by atoms with Gasteiger partial charge in [0, 0.05) is 31.1 Å². The molecule has 2 fully saturated rings. The van der Waals surface area contributed by atoms with Crippen LogP contribution in [-0.4, -0.2) is 54.6 Å². The Hall–Kier alpha value is -3.73. The van der Waals surface area contributed by atoms with E-state index in [0.717, 1.165) is 51.6 Å². The fraction of sp³-hybridized carbons (Fsp3) is 0.444. The third-order valence-electron chi connectivity index (χ3n) is 7.28. The lowest BCUT2D eigenvalue weighted by Crippen LogP contribution is -2.49. The molecule has 0 atom stereocenters. The van der Waals surface area contributed by atoms with E-state index in [1.165, 1.54) is 5.56 Å². The molecule has 1 aliphatic heterocycles. The molecule has 184 valence electrons. The van der Waals surface area contributed by atoms with Crippen LogP contribution < -0.4 is 15.8 Å². The Labute approximate surface area is 207 Å². The average Bonchev–Trinajstić information content (AvgIpc) is 3.42. The van der Waals surface area contributed by atoms with Crippen LogP contribution in [0.2, 0.25) is 0 Å². The molecule has 0 spiro atoms. The SMILES string of the molecule is COc1ccccc1C(=O)NCC1(c2ccccc2)CCC(N(C#N)C(N)=NN2CCCC2)CC1. The number of hydrazone groups is 1. The Balaban J connectivity index is 1.48. The van der Waals surface area contributed by atoms with Gasteiger partial charge in [0.05, 0.1) is 12.7 Å². The lowest BCUT2D eigenvalue weighted by atomic mass is 9.68. The number of carbonyl (C=O) groups excluding carboxylic acids is 1. The number of ether oxygens (including phenoxy) is 1. The zero-order chi connectivity index (χ0) is 24.7. The number of methoxy groups -OCH3 is 1. The van der Waals surface area contributed by atoms with Crippen LogP contribution in [0.4, 0.5) is 0 Å². The predicted octanol–water partition coefficient (Wildman–Crippen LogP) is 3.41. The Kier molecular flexibility index (Phi) is 7.76. The summed E-state index contributed by atoms with van der Waals surface area (Å²) in [5.41, 5.74) is 7.74. The highest BCUT2D eigenvalue weighted by Crippen LogP contribution is 2.40. The summed E-state index contributed by atoms with van der Waals surface area (Å²) < 4.78 is 5.37. The molecule has 35 heavy (non-hydrogen) atoms. The number of para-hydroxylation sites is 1. The molecule has 0 bridgehead atoms. The second-order valence-electron chi connectivity index (χ2n) is 9.35. The molecule has 4 rings (SSSR count). The van der Waals surface area contributed by atoms with Crippen molar-refractivity contribution in [2.24, 2.45) is 10.8 Å². The number of nitrogens with one attached hydrogen (secondary N) is 1. The van der Waals surface area contributed by atoms with E-state index in [2.05, 4.69) is 28.7 Å². The minimum Gasteiger partial charge on any atom is -0.496 e. The molecule has 3 N–H and O–H groups in total. The number of nitriles is 1. The third kappa shape index (κ3) is 5.51. The molecule has 1 saturated heterocycles.